The molecule has 1 aromatic carbocycles. The van der Waals surface area contributed by atoms with Crippen molar-refractivity contribution in [2.75, 3.05) is 43.5 Å². The van der Waals surface area contributed by atoms with E-state index in [-0.39, 0.29) is 17.2 Å². The number of likely N-dealkylation sites (tertiary alicyclic amines) is 1. The molecule has 2 amide bonds. The van der Waals surface area contributed by atoms with Crippen LogP contribution in [0.15, 0.2) is 36.9 Å². The van der Waals surface area contributed by atoms with E-state index in [2.05, 4.69) is 33.9 Å². The first-order valence-corrected chi connectivity index (χ1v) is 12.0. The van der Waals surface area contributed by atoms with Crippen LogP contribution in [0.1, 0.15) is 36.1 Å². The van der Waals surface area contributed by atoms with Crippen molar-refractivity contribution in [1.82, 2.24) is 14.9 Å². The van der Waals surface area contributed by atoms with Crippen molar-refractivity contribution >= 4 is 23.3 Å². The lowest BCUT2D eigenvalue weighted by molar-refractivity contribution is -0.136. The minimum absolute atomic E-state index is 0.0181. The maximum Gasteiger partial charge on any atom is 0.318 e. The van der Waals surface area contributed by atoms with Gasteiger partial charge in [0.2, 0.25) is 11.8 Å². The minimum Gasteiger partial charge on any atom is -0.467 e. The van der Waals surface area contributed by atoms with E-state index in [9.17, 15) is 9.59 Å². The molecule has 2 fully saturated rings. The average molecular weight is 460 g/mol. The van der Waals surface area contributed by atoms with Gasteiger partial charge < -0.3 is 19.9 Å². The molecule has 34 heavy (non-hydrogen) atoms. The summed E-state index contributed by atoms with van der Waals surface area (Å²) in [5.74, 6) is 0.734. The molecule has 1 atom stereocenters. The molecule has 1 N–H and O–H groups in total. The van der Waals surface area contributed by atoms with Crippen LogP contribution in [-0.2, 0) is 27.8 Å². The van der Waals surface area contributed by atoms with Crippen molar-refractivity contribution in [3.05, 3.63) is 53.7 Å². The van der Waals surface area contributed by atoms with Gasteiger partial charge in [0.25, 0.3) is 0 Å². The molecular formula is C26H29N5O3. The van der Waals surface area contributed by atoms with E-state index in [4.69, 9.17) is 9.72 Å². The van der Waals surface area contributed by atoms with Gasteiger partial charge in [-0.15, -0.1) is 0 Å². The smallest absolute Gasteiger partial charge is 0.318 e. The number of anilines is 2. The van der Waals surface area contributed by atoms with Crippen molar-refractivity contribution in [2.24, 2.45) is 5.41 Å². The molecule has 2 spiro atoms. The molecule has 1 aliphatic carbocycles. The summed E-state index contributed by atoms with van der Waals surface area (Å²) in [4.78, 5) is 39.1. The Bertz CT molecular complexity index is 1200. The third-order valence-electron chi connectivity index (χ3n) is 8.13. The monoisotopic (exact) mass is 459 g/mol. The first-order valence-electron chi connectivity index (χ1n) is 12.0. The number of amides is 2. The molecule has 2 aromatic rings. The Morgan fingerprint density at radius 3 is 2.82 bits per heavy atom. The molecule has 0 radical (unpaired) electrons. The Hall–Kier alpha value is -3.42. The number of carbonyl (C=O) groups excluding carboxylic acids is 2. The van der Waals surface area contributed by atoms with Crippen LogP contribution >= 0.6 is 0 Å². The lowest BCUT2D eigenvalue weighted by atomic mass is 9.65. The molecule has 3 aliphatic heterocycles. The molecule has 8 nitrogen and oxygen atoms in total. The Balaban J connectivity index is 1.34. The topological polar surface area (TPSA) is 87.7 Å². The van der Waals surface area contributed by atoms with Gasteiger partial charge in [0.15, 0.2) is 5.82 Å². The fraction of sp³-hybridized carbons (Fsp3) is 0.462. The number of ether oxygens (including phenoxy) is 1. The number of carbonyl (C=O) groups is 2. The van der Waals surface area contributed by atoms with E-state index in [0.717, 1.165) is 68.9 Å². The predicted molar refractivity (Wildman–Crippen MR) is 128 cm³/mol. The van der Waals surface area contributed by atoms with E-state index >= 15 is 0 Å². The molecule has 6 rings (SSSR count). The third-order valence-corrected chi connectivity index (χ3v) is 8.13. The number of nitrogens with one attached hydrogen (secondary N) is 1. The molecule has 0 bridgehead atoms. The second-order valence-electron chi connectivity index (χ2n) is 10.1. The summed E-state index contributed by atoms with van der Waals surface area (Å²) >= 11 is 0. The van der Waals surface area contributed by atoms with Gasteiger partial charge in [0.1, 0.15) is 5.69 Å². The highest BCUT2D eigenvalue weighted by atomic mass is 16.5. The van der Waals surface area contributed by atoms with Crippen molar-refractivity contribution in [2.45, 2.75) is 37.5 Å². The number of hydrogen-bond acceptors (Lipinski definition) is 6. The predicted octanol–water partition coefficient (Wildman–Crippen LogP) is 2.48. The Morgan fingerprint density at radius 2 is 2.03 bits per heavy atom. The first kappa shape index (κ1) is 21.1. The van der Waals surface area contributed by atoms with Crippen LogP contribution in [0.2, 0.25) is 0 Å². The van der Waals surface area contributed by atoms with Gasteiger partial charge >= 0.3 is 6.01 Å². The molecule has 0 saturated carbocycles. The van der Waals surface area contributed by atoms with Crippen LogP contribution < -0.4 is 15.0 Å². The minimum atomic E-state index is -0.607. The van der Waals surface area contributed by atoms with Crippen molar-refractivity contribution < 1.29 is 14.3 Å². The number of hydrogen-bond donors (Lipinski definition) is 1. The van der Waals surface area contributed by atoms with Gasteiger partial charge in [-0.3, -0.25) is 9.59 Å². The maximum atomic E-state index is 13.7. The summed E-state index contributed by atoms with van der Waals surface area (Å²) in [6.45, 7) is 6.64. The highest BCUT2D eigenvalue weighted by Crippen LogP contribution is 2.48. The normalized spacial score (nSPS) is 24.3. The molecule has 1 unspecified atom stereocenters. The molecule has 1 aromatic heterocycles. The van der Waals surface area contributed by atoms with Crippen molar-refractivity contribution in [3.63, 3.8) is 0 Å². The van der Waals surface area contributed by atoms with Gasteiger partial charge in [-0.2, -0.15) is 9.97 Å². The van der Waals surface area contributed by atoms with Gasteiger partial charge in [-0.05, 0) is 42.9 Å². The average Bonchev–Trinajstić information content (AvgIpc) is 3.29. The molecule has 4 heterocycles. The second kappa shape index (κ2) is 7.55. The van der Waals surface area contributed by atoms with Crippen LogP contribution in [-0.4, -0.2) is 60.0 Å². The second-order valence-corrected chi connectivity index (χ2v) is 10.1. The van der Waals surface area contributed by atoms with Gasteiger partial charge in [-0.1, -0.05) is 30.8 Å². The maximum absolute atomic E-state index is 13.7. The van der Waals surface area contributed by atoms with Crippen LogP contribution in [0.4, 0.5) is 11.5 Å². The number of aryl methyl sites for hydroxylation is 1. The van der Waals surface area contributed by atoms with Crippen LogP contribution in [0.5, 0.6) is 6.01 Å². The number of fused-ring (bicyclic) bond motifs is 3. The molecule has 2 saturated heterocycles. The van der Waals surface area contributed by atoms with E-state index in [1.54, 1.807) is 7.11 Å². The largest absolute Gasteiger partial charge is 0.467 e. The van der Waals surface area contributed by atoms with E-state index in [1.807, 2.05) is 17.0 Å². The summed E-state index contributed by atoms with van der Waals surface area (Å²) in [5, 5.41) is 3.22. The Morgan fingerprint density at radius 1 is 1.21 bits per heavy atom. The van der Waals surface area contributed by atoms with E-state index < -0.39 is 5.41 Å². The molecule has 4 aliphatic rings. The van der Waals surface area contributed by atoms with Crippen LogP contribution in [0.25, 0.3) is 0 Å². The summed E-state index contributed by atoms with van der Waals surface area (Å²) in [7, 11) is 1.58. The van der Waals surface area contributed by atoms with Crippen LogP contribution in [0, 0.1) is 5.41 Å². The zero-order chi connectivity index (χ0) is 23.5. The standard InChI is InChI=1S/C26H29N5O3/c1-3-20(32)31-15-25(16-31)11-12-30(14-25)22-21-19(27-24(29-22)34-2)13-26(23(33)28-21)10-6-8-17-7-4-5-9-18(17)26/h3-5,7,9H,1,6,8,10-16H2,2H3,(H,28,33). The van der Waals surface area contributed by atoms with Crippen LogP contribution in [0.3, 0.4) is 0 Å². The Kier molecular flexibility index (Phi) is 4.69. The number of rotatable bonds is 3. The lowest BCUT2D eigenvalue weighted by Gasteiger charge is -2.47. The summed E-state index contributed by atoms with van der Waals surface area (Å²) in [6.07, 6.45) is 5.66. The highest BCUT2D eigenvalue weighted by Gasteiger charge is 2.51. The van der Waals surface area contributed by atoms with Crippen molar-refractivity contribution in [3.8, 4) is 6.01 Å². The zero-order valence-corrected chi connectivity index (χ0v) is 19.5. The lowest BCUT2D eigenvalue weighted by Crippen LogP contribution is -2.59. The fourth-order valence-electron chi connectivity index (χ4n) is 6.41. The molecule has 8 heteroatoms. The number of nitrogens with zero attached hydrogens (tertiary/aromatic N) is 4. The number of aromatic nitrogens is 2. The van der Waals surface area contributed by atoms with E-state index in [1.165, 1.54) is 11.6 Å². The highest BCUT2D eigenvalue weighted by molar-refractivity contribution is 6.04. The quantitative estimate of drug-likeness (QED) is 0.710. The molecular weight excluding hydrogens is 430 g/mol. The zero-order valence-electron chi connectivity index (χ0n) is 19.5. The fourth-order valence-corrected chi connectivity index (χ4v) is 6.41. The summed E-state index contributed by atoms with van der Waals surface area (Å²) in [6, 6.07) is 8.61. The molecule has 176 valence electrons. The summed E-state index contributed by atoms with van der Waals surface area (Å²) < 4.78 is 5.48. The number of benzene rings is 1. The van der Waals surface area contributed by atoms with Gasteiger partial charge in [0, 0.05) is 38.0 Å². The third kappa shape index (κ3) is 3.04. The summed E-state index contributed by atoms with van der Waals surface area (Å²) in [5.41, 5.74) is 3.35. The Labute approximate surface area is 199 Å². The SMILES string of the molecule is C=CC(=O)N1CC2(CCN(c3nc(OC)nc4c3NC(=O)C3(CCCc5ccccc53)C4)C2)C1. The van der Waals surface area contributed by atoms with Gasteiger partial charge in [-0.25, -0.2) is 0 Å². The van der Waals surface area contributed by atoms with Crippen molar-refractivity contribution in [1.29, 1.82) is 0 Å². The number of methoxy groups -OCH3 is 1. The van der Waals surface area contributed by atoms with E-state index in [0.29, 0.717) is 18.1 Å². The first-order chi connectivity index (χ1) is 16.5. The van der Waals surface area contributed by atoms with Gasteiger partial charge in [0.05, 0.1) is 18.2 Å².